The molecule has 3 aromatic rings. The molecule has 0 saturated heterocycles. The van der Waals surface area contributed by atoms with E-state index in [9.17, 15) is 24.3 Å². The zero-order valence-corrected chi connectivity index (χ0v) is 22.3. The van der Waals surface area contributed by atoms with E-state index in [1.807, 2.05) is 18.2 Å². The fourth-order valence-electron chi connectivity index (χ4n) is 4.00. The fraction of sp³-hybridized carbons (Fsp3) is 0.357. The van der Waals surface area contributed by atoms with Gasteiger partial charge >= 0.3 is 12.1 Å². The zero-order chi connectivity index (χ0) is 28.9. The van der Waals surface area contributed by atoms with Crippen molar-refractivity contribution in [1.29, 1.82) is 0 Å². The molecule has 1 heterocycles. The summed E-state index contributed by atoms with van der Waals surface area (Å²) in [6, 6.07) is 9.32. The van der Waals surface area contributed by atoms with E-state index in [1.54, 1.807) is 45.2 Å². The molecule has 0 radical (unpaired) electrons. The molecule has 0 spiro atoms. The molecule has 0 bridgehead atoms. The second-order valence-corrected chi connectivity index (χ2v) is 10.3. The van der Waals surface area contributed by atoms with Crippen LogP contribution in [0.15, 0.2) is 54.7 Å². The molecular weight excluding hydrogens is 504 g/mol. The van der Waals surface area contributed by atoms with Crippen LogP contribution < -0.4 is 11.5 Å². The van der Waals surface area contributed by atoms with Crippen molar-refractivity contribution >= 4 is 34.8 Å². The van der Waals surface area contributed by atoms with Gasteiger partial charge in [0.15, 0.2) is 0 Å². The molecule has 6 N–H and O–H groups in total. The van der Waals surface area contributed by atoms with Crippen LogP contribution in [0.4, 0.5) is 4.79 Å². The Bertz CT molecular complexity index is 1340. The first-order valence-corrected chi connectivity index (χ1v) is 12.4. The van der Waals surface area contributed by atoms with E-state index in [4.69, 9.17) is 20.9 Å². The number of nitrogens with one attached hydrogen (secondary N) is 1. The van der Waals surface area contributed by atoms with E-state index < -0.39 is 47.7 Å². The summed E-state index contributed by atoms with van der Waals surface area (Å²) in [5, 5.41) is 10.3. The number of phenolic OH excluding ortho intramolecular Hbond substituents is 1. The van der Waals surface area contributed by atoms with Crippen molar-refractivity contribution in [1.82, 2.24) is 9.88 Å². The average Bonchev–Trinajstić information content (AvgIpc) is 3.26. The Labute approximate surface area is 226 Å². The number of rotatable bonds is 8. The fourth-order valence-corrected chi connectivity index (χ4v) is 4.00. The highest BCUT2D eigenvalue weighted by Crippen LogP contribution is 2.23. The second-order valence-electron chi connectivity index (χ2n) is 10.3. The number of H-pyrrole nitrogens is 1. The van der Waals surface area contributed by atoms with Crippen LogP contribution in [0.5, 0.6) is 5.75 Å². The van der Waals surface area contributed by atoms with Crippen LogP contribution in [0.2, 0.25) is 0 Å². The van der Waals surface area contributed by atoms with E-state index in [2.05, 4.69) is 4.98 Å². The molecule has 0 aliphatic rings. The standard InChI is InChI=1S/C28H34N4O7/c1-16(29)24(34)32(25(35)21(30)13-17-9-11-19(33)12-10-17)23(26(36)38-27(37)39-28(2,3)4)14-18-15-31-22-8-6-5-7-20(18)22/h5-12,15-16,21,23,31,33H,13-14,29-30H2,1-4H3/t16-,21-,23-/m0/s1. The Hall–Kier alpha value is -4.22. The molecular formula is C28H34N4O7. The Morgan fingerprint density at radius 1 is 0.974 bits per heavy atom. The monoisotopic (exact) mass is 538 g/mol. The van der Waals surface area contributed by atoms with Crippen LogP contribution >= 0.6 is 0 Å². The van der Waals surface area contributed by atoms with Crippen LogP contribution in [0.25, 0.3) is 10.9 Å². The molecule has 0 fully saturated rings. The highest BCUT2D eigenvalue weighted by molar-refractivity contribution is 6.04. The maximum Gasteiger partial charge on any atom is 0.516 e. The predicted octanol–water partition coefficient (Wildman–Crippen LogP) is 2.54. The van der Waals surface area contributed by atoms with Crippen LogP contribution in [0.3, 0.4) is 0 Å². The highest BCUT2D eigenvalue weighted by atomic mass is 16.7. The summed E-state index contributed by atoms with van der Waals surface area (Å²) < 4.78 is 10.1. The van der Waals surface area contributed by atoms with Gasteiger partial charge in [0.25, 0.3) is 0 Å². The summed E-state index contributed by atoms with van der Waals surface area (Å²) in [7, 11) is 0. The molecule has 0 unspecified atom stereocenters. The summed E-state index contributed by atoms with van der Waals surface area (Å²) in [5.74, 6) is -2.88. The lowest BCUT2D eigenvalue weighted by atomic mass is 10.00. The average molecular weight is 539 g/mol. The third-order valence-electron chi connectivity index (χ3n) is 5.82. The van der Waals surface area contributed by atoms with Crippen LogP contribution in [-0.2, 0) is 36.7 Å². The first-order chi connectivity index (χ1) is 18.3. The van der Waals surface area contributed by atoms with Gasteiger partial charge in [0.2, 0.25) is 11.8 Å². The molecule has 0 aliphatic heterocycles. The van der Waals surface area contributed by atoms with Crippen LogP contribution in [0.1, 0.15) is 38.8 Å². The molecule has 0 saturated carbocycles. The number of benzene rings is 2. The molecule has 39 heavy (non-hydrogen) atoms. The van der Waals surface area contributed by atoms with Crippen molar-refractivity contribution in [2.24, 2.45) is 11.5 Å². The zero-order valence-electron chi connectivity index (χ0n) is 22.3. The third-order valence-corrected chi connectivity index (χ3v) is 5.82. The summed E-state index contributed by atoms with van der Waals surface area (Å²) in [6.45, 7) is 6.16. The predicted molar refractivity (Wildman–Crippen MR) is 143 cm³/mol. The van der Waals surface area contributed by atoms with Gasteiger partial charge in [-0.15, -0.1) is 0 Å². The van der Waals surface area contributed by atoms with E-state index in [1.165, 1.54) is 19.1 Å². The maximum absolute atomic E-state index is 13.7. The van der Waals surface area contributed by atoms with Crippen molar-refractivity contribution in [3.63, 3.8) is 0 Å². The number of aromatic hydroxyl groups is 1. The van der Waals surface area contributed by atoms with Crippen molar-refractivity contribution in [2.75, 3.05) is 0 Å². The van der Waals surface area contributed by atoms with Gasteiger partial charge in [-0.25, -0.2) is 9.59 Å². The summed E-state index contributed by atoms with van der Waals surface area (Å²) in [4.78, 5) is 56.5. The largest absolute Gasteiger partial charge is 0.516 e. The smallest absolute Gasteiger partial charge is 0.508 e. The molecule has 3 atom stereocenters. The lowest BCUT2D eigenvalue weighted by Gasteiger charge is -2.31. The third kappa shape index (κ3) is 7.65. The number of hydrogen-bond acceptors (Lipinski definition) is 9. The maximum atomic E-state index is 13.7. The number of carbonyl (C=O) groups excluding carboxylic acids is 4. The molecule has 3 rings (SSSR count). The van der Waals surface area contributed by atoms with Crippen LogP contribution in [-0.4, -0.2) is 62.7 Å². The number of fused-ring (bicyclic) bond motifs is 1. The van der Waals surface area contributed by atoms with E-state index in [0.717, 1.165) is 10.9 Å². The quantitative estimate of drug-likeness (QED) is 0.248. The number of hydrogen-bond donors (Lipinski definition) is 4. The number of aromatic nitrogens is 1. The van der Waals surface area contributed by atoms with Crippen molar-refractivity contribution in [2.45, 2.75) is 64.3 Å². The van der Waals surface area contributed by atoms with Gasteiger partial charge in [-0.2, -0.15) is 0 Å². The number of para-hydroxylation sites is 1. The minimum Gasteiger partial charge on any atom is -0.508 e. The van der Waals surface area contributed by atoms with Crippen molar-refractivity contribution in [3.05, 3.63) is 65.9 Å². The van der Waals surface area contributed by atoms with Gasteiger partial charge in [-0.05, 0) is 63.4 Å². The van der Waals surface area contributed by atoms with Gasteiger partial charge in [-0.1, -0.05) is 30.3 Å². The molecule has 11 heteroatoms. The normalized spacial score (nSPS) is 13.8. The SMILES string of the molecule is C[C@H](N)C(=O)N(C(=O)[C@@H](N)Cc1ccc(O)cc1)[C@@H](Cc1c[nH]c2ccccc12)C(=O)OC(=O)OC(C)(C)C. The Morgan fingerprint density at radius 2 is 1.62 bits per heavy atom. The lowest BCUT2D eigenvalue weighted by molar-refractivity contribution is -0.161. The van der Waals surface area contributed by atoms with E-state index in [-0.39, 0.29) is 18.6 Å². The van der Waals surface area contributed by atoms with Gasteiger partial charge in [0.05, 0.1) is 12.1 Å². The number of phenols is 1. The van der Waals surface area contributed by atoms with Gasteiger partial charge < -0.3 is 31.0 Å². The first-order valence-electron chi connectivity index (χ1n) is 12.4. The van der Waals surface area contributed by atoms with Crippen molar-refractivity contribution < 1.29 is 33.8 Å². The Kier molecular flexibility index (Phi) is 9.10. The summed E-state index contributed by atoms with van der Waals surface area (Å²) >= 11 is 0. The van der Waals surface area contributed by atoms with Gasteiger partial charge in [0.1, 0.15) is 17.4 Å². The minimum absolute atomic E-state index is 0.00274. The second kappa shape index (κ2) is 12.1. The number of nitrogens with zero attached hydrogens (tertiary/aromatic N) is 1. The summed E-state index contributed by atoms with van der Waals surface area (Å²) in [5.41, 5.74) is 13.1. The van der Waals surface area contributed by atoms with Gasteiger partial charge in [0, 0.05) is 23.5 Å². The minimum atomic E-state index is -1.58. The number of aromatic amines is 1. The summed E-state index contributed by atoms with van der Waals surface area (Å²) in [6.07, 6.45) is 0.198. The van der Waals surface area contributed by atoms with Crippen LogP contribution in [0, 0.1) is 0 Å². The molecule has 2 aromatic carbocycles. The topological polar surface area (TPSA) is 178 Å². The van der Waals surface area contributed by atoms with Crippen molar-refractivity contribution in [3.8, 4) is 5.75 Å². The molecule has 0 aliphatic carbocycles. The number of ether oxygens (including phenoxy) is 2. The Balaban J connectivity index is 2.00. The lowest BCUT2D eigenvalue weighted by Crippen LogP contribution is -2.59. The number of amides is 2. The molecule has 2 amide bonds. The number of imide groups is 1. The highest BCUT2D eigenvalue weighted by Gasteiger charge is 2.41. The molecule has 11 nitrogen and oxygen atoms in total. The number of nitrogens with two attached hydrogens (primary N) is 2. The van der Waals surface area contributed by atoms with E-state index in [0.29, 0.717) is 16.0 Å². The van der Waals surface area contributed by atoms with Gasteiger partial charge in [-0.3, -0.25) is 14.5 Å². The number of esters is 1. The molecule has 208 valence electrons. The number of carbonyl (C=O) groups is 4. The first kappa shape index (κ1) is 29.3. The molecule has 1 aromatic heterocycles. The Morgan fingerprint density at radius 3 is 2.23 bits per heavy atom. The van der Waals surface area contributed by atoms with E-state index >= 15 is 0 Å².